The molecule has 0 radical (unpaired) electrons. The van der Waals surface area contributed by atoms with Crippen LogP contribution in [0.4, 0.5) is 0 Å². The molecule has 0 spiro atoms. The molecule has 196 valence electrons. The minimum Gasteiger partial charge on any atom is -0.477 e. The van der Waals surface area contributed by atoms with E-state index in [9.17, 15) is 24.3 Å². The molecule has 11 heteroatoms. The van der Waals surface area contributed by atoms with E-state index in [2.05, 4.69) is 10.5 Å². The topological polar surface area (TPSA) is 135 Å². The van der Waals surface area contributed by atoms with Crippen molar-refractivity contribution in [3.8, 4) is 11.1 Å². The molecule has 0 aromatic heterocycles. The molecule has 2 aromatic rings. The van der Waals surface area contributed by atoms with Gasteiger partial charge >= 0.3 is 11.9 Å². The lowest BCUT2D eigenvalue weighted by atomic mass is 10.0. The molecule has 2 aliphatic heterocycles. The normalized spacial score (nSPS) is 20.0. The summed E-state index contributed by atoms with van der Waals surface area (Å²) in [7, 11) is 0. The standard InChI is InChI=1S/C27H25N3O7S/c1-14(11-37-29-21-19-9-5-3-7-17(19)18-8-4-6-10-20(18)21)24(32)28-22-25(33)30-23(27(34)35)16(12-36-15(2)31)13-38-26(22)30/h3-10,14,22,26H,11-13H2,1-2H3,(H,28,32)(H,34,35)/t14-,22-,26?/m1/s1. The Morgan fingerprint density at radius 1 is 1.11 bits per heavy atom. The van der Waals surface area contributed by atoms with Gasteiger partial charge in [-0.3, -0.25) is 19.3 Å². The van der Waals surface area contributed by atoms with Crippen molar-refractivity contribution in [1.82, 2.24) is 10.2 Å². The van der Waals surface area contributed by atoms with Gasteiger partial charge in [0.05, 0.1) is 5.92 Å². The average Bonchev–Trinajstić information content (AvgIpc) is 3.23. The van der Waals surface area contributed by atoms with Crippen LogP contribution in [-0.4, -0.2) is 69.9 Å². The van der Waals surface area contributed by atoms with E-state index in [1.54, 1.807) is 6.92 Å². The number of aliphatic carboxylic acids is 1. The summed E-state index contributed by atoms with van der Waals surface area (Å²) in [5.74, 6) is -3.11. The number of esters is 1. The number of carboxylic acid groups (broad SMARTS) is 1. The van der Waals surface area contributed by atoms with Crippen molar-refractivity contribution >= 4 is 41.2 Å². The minimum absolute atomic E-state index is 0.00505. The maximum absolute atomic E-state index is 12.8. The molecule has 2 N–H and O–H groups in total. The first-order chi connectivity index (χ1) is 18.3. The zero-order chi connectivity index (χ0) is 27.0. The highest BCUT2D eigenvalue weighted by Gasteiger charge is 2.54. The molecule has 1 saturated heterocycles. The number of benzene rings is 2. The Kier molecular flexibility index (Phi) is 6.94. The number of ether oxygens (including phenoxy) is 1. The summed E-state index contributed by atoms with van der Waals surface area (Å²) in [4.78, 5) is 55.4. The van der Waals surface area contributed by atoms with E-state index < -0.39 is 41.1 Å². The molecule has 0 saturated carbocycles. The second-order valence-corrected chi connectivity index (χ2v) is 10.3. The Balaban J connectivity index is 1.21. The van der Waals surface area contributed by atoms with E-state index >= 15 is 0 Å². The minimum atomic E-state index is -1.29. The van der Waals surface area contributed by atoms with Gasteiger partial charge in [0.1, 0.15) is 36.0 Å². The van der Waals surface area contributed by atoms with E-state index in [0.29, 0.717) is 11.3 Å². The van der Waals surface area contributed by atoms with Crippen molar-refractivity contribution in [2.24, 2.45) is 11.1 Å². The van der Waals surface area contributed by atoms with Gasteiger partial charge in [-0.1, -0.05) is 60.6 Å². The van der Waals surface area contributed by atoms with Crippen LogP contribution < -0.4 is 5.32 Å². The fourth-order valence-electron chi connectivity index (χ4n) is 4.66. The molecule has 2 heterocycles. The summed E-state index contributed by atoms with van der Waals surface area (Å²) in [6.07, 6.45) is 0. The summed E-state index contributed by atoms with van der Waals surface area (Å²) in [5, 5.41) is 16.2. The maximum atomic E-state index is 12.8. The fourth-order valence-corrected chi connectivity index (χ4v) is 5.99. The first-order valence-electron chi connectivity index (χ1n) is 12.0. The number of oxime groups is 1. The number of amides is 2. The highest BCUT2D eigenvalue weighted by molar-refractivity contribution is 8.00. The Labute approximate surface area is 222 Å². The number of carbonyl (C=O) groups is 4. The van der Waals surface area contributed by atoms with Crippen molar-refractivity contribution in [2.75, 3.05) is 19.0 Å². The molecule has 0 bridgehead atoms. The second-order valence-electron chi connectivity index (χ2n) is 9.16. The van der Waals surface area contributed by atoms with Crippen LogP contribution in [0.25, 0.3) is 11.1 Å². The number of carbonyl (C=O) groups excluding carboxylic acids is 3. The Bertz CT molecular complexity index is 1360. The van der Waals surface area contributed by atoms with Gasteiger partial charge in [-0.2, -0.15) is 0 Å². The fraction of sp³-hybridized carbons (Fsp3) is 0.296. The number of nitrogens with zero attached hydrogens (tertiary/aromatic N) is 2. The van der Waals surface area contributed by atoms with Crippen LogP contribution in [0.3, 0.4) is 0 Å². The predicted octanol–water partition coefficient (Wildman–Crippen LogP) is 2.37. The lowest BCUT2D eigenvalue weighted by molar-refractivity contribution is -0.151. The number of β-lactam (4-membered cyclic amide) rings is 1. The van der Waals surface area contributed by atoms with Gasteiger partial charge in [0.25, 0.3) is 5.91 Å². The van der Waals surface area contributed by atoms with Crippen LogP contribution in [0, 0.1) is 5.92 Å². The number of hydrogen-bond donors (Lipinski definition) is 2. The molecule has 2 amide bonds. The first-order valence-corrected chi connectivity index (χ1v) is 13.1. The zero-order valence-corrected chi connectivity index (χ0v) is 21.5. The number of fused-ring (bicyclic) bond motifs is 4. The molecule has 10 nitrogen and oxygen atoms in total. The van der Waals surface area contributed by atoms with E-state index in [4.69, 9.17) is 9.57 Å². The third-order valence-electron chi connectivity index (χ3n) is 6.58. The number of hydrogen-bond acceptors (Lipinski definition) is 8. The van der Waals surface area contributed by atoms with Gasteiger partial charge in [0.2, 0.25) is 5.91 Å². The largest absolute Gasteiger partial charge is 0.477 e. The lowest BCUT2D eigenvalue weighted by Gasteiger charge is -2.49. The predicted molar refractivity (Wildman–Crippen MR) is 139 cm³/mol. The van der Waals surface area contributed by atoms with E-state index in [1.165, 1.54) is 18.7 Å². The highest BCUT2D eigenvalue weighted by atomic mass is 32.2. The number of thioether (sulfide) groups is 1. The third kappa shape index (κ3) is 4.53. The van der Waals surface area contributed by atoms with Crippen LogP contribution >= 0.6 is 11.8 Å². The summed E-state index contributed by atoms with van der Waals surface area (Å²) in [6.45, 7) is 2.68. The van der Waals surface area contributed by atoms with E-state index in [1.807, 2.05) is 48.5 Å². The quantitative estimate of drug-likeness (QED) is 0.255. The van der Waals surface area contributed by atoms with Crippen LogP contribution in [0.15, 0.2) is 65.0 Å². The molecular weight excluding hydrogens is 510 g/mol. The number of nitrogens with one attached hydrogen (secondary N) is 1. The van der Waals surface area contributed by atoms with Crippen LogP contribution in [-0.2, 0) is 28.8 Å². The van der Waals surface area contributed by atoms with Crippen molar-refractivity contribution < 1.29 is 33.9 Å². The molecule has 3 atom stereocenters. The average molecular weight is 536 g/mol. The first kappa shape index (κ1) is 25.5. The molecule has 2 aromatic carbocycles. The van der Waals surface area contributed by atoms with Gasteiger partial charge in [-0.25, -0.2) is 4.79 Å². The molecule has 3 aliphatic rings. The third-order valence-corrected chi connectivity index (χ3v) is 7.92. The van der Waals surface area contributed by atoms with Gasteiger partial charge in [0.15, 0.2) is 0 Å². The molecule has 5 rings (SSSR count). The van der Waals surface area contributed by atoms with Crippen molar-refractivity contribution in [2.45, 2.75) is 25.3 Å². The van der Waals surface area contributed by atoms with E-state index in [0.717, 1.165) is 27.2 Å². The van der Waals surface area contributed by atoms with Crippen LogP contribution in [0.2, 0.25) is 0 Å². The SMILES string of the molecule is CC(=O)OCC1=C(C(=O)O)N2C(=O)[C@@H](NC(=O)[C@H](C)CON=C3c4ccccc4-c4ccccc43)C2SC1. The second kappa shape index (κ2) is 10.3. The Hall–Kier alpha value is -4.12. The van der Waals surface area contributed by atoms with Gasteiger partial charge in [-0.15, -0.1) is 11.8 Å². The lowest BCUT2D eigenvalue weighted by Crippen LogP contribution is -2.71. The van der Waals surface area contributed by atoms with Gasteiger partial charge in [-0.05, 0) is 11.1 Å². The molecule has 1 aliphatic carbocycles. The number of carboxylic acids is 1. The molecule has 1 unspecified atom stereocenters. The zero-order valence-electron chi connectivity index (χ0n) is 20.7. The maximum Gasteiger partial charge on any atom is 0.352 e. The number of rotatable bonds is 8. The summed E-state index contributed by atoms with van der Waals surface area (Å²) in [6, 6.07) is 14.9. The van der Waals surface area contributed by atoms with Crippen molar-refractivity contribution in [3.63, 3.8) is 0 Å². The smallest absolute Gasteiger partial charge is 0.352 e. The molecule has 38 heavy (non-hydrogen) atoms. The van der Waals surface area contributed by atoms with Crippen molar-refractivity contribution in [1.29, 1.82) is 0 Å². The molecule has 1 fully saturated rings. The Morgan fingerprint density at radius 2 is 1.71 bits per heavy atom. The van der Waals surface area contributed by atoms with Gasteiger partial charge < -0.3 is 20.0 Å². The Morgan fingerprint density at radius 3 is 2.29 bits per heavy atom. The highest BCUT2D eigenvalue weighted by Crippen LogP contribution is 2.40. The van der Waals surface area contributed by atoms with Crippen LogP contribution in [0.1, 0.15) is 25.0 Å². The summed E-state index contributed by atoms with van der Waals surface area (Å²) < 4.78 is 4.94. The van der Waals surface area contributed by atoms with Crippen LogP contribution in [0.5, 0.6) is 0 Å². The molecular formula is C27H25N3O7S. The van der Waals surface area contributed by atoms with Gasteiger partial charge in [0, 0.05) is 29.4 Å². The van der Waals surface area contributed by atoms with E-state index in [-0.39, 0.29) is 24.7 Å². The monoisotopic (exact) mass is 535 g/mol. The summed E-state index contributed by atoms with van der Waals surface area (Å²) >= 11 is 1.31. The summed E-state index contributed by atoms with van der Waals surface area (Å²) in [5.41, 5.74) is 4.88. The van der Waals surface area contributed by atoms with Crippen molar-refractivity contribution in [3.05, 3.63) is 70.9 Å².